The number of nitrogens with one attached hydrogen (secondary N) is 1. The van der Waals surface area contributed by atoms with Crippen LogP contribution in [0.5, 0.6) is 0 Å². The summed E-state index contributed by atoms with van der Waals surface area (Å²) in [6.07, 6.45) is 4.51. The summed E-state index contributed by atoms with van der Waals surface area (Å²) in [7, 11) is 0. The van der Waals surface area contributed by atoms with E-state index < -0.39 is 12.0 Å². The molecule has 1 aliphatic heterocycles. The first-order valence-corrected chi connectivity index (χ1v) is 8.25. The van der Waals surface area contributed by atoms with Crippen LogP contribution < -0.4 is 11.1 Å². The Morgan fingerprint density at radius 3 is 2.62 bits per heavy atom. The number of aldehydes is 1. The van der Waals surface area contributed by atoms with Crippen molar-refractivity contribution in [1.29, 1.82) is 0 Å². The number of hydrogen-bond donors (Lipinski definition) is 3. The van der Waals surface area contributed by atoms with Gasteiger partial charge < -0.3 is 21.0 Å². The van der Waals surface area contributed by atoms with E-state index in [1.807, 2.05) is 17.8 Å². The molecular formula is C15H26N2O3S. The summed E-state index contributed by atoms with van der Waals surface area (Å²) >= 11 is 1.98. The number of carboxylic acid groups (broad SMARTS) is 1. The lowest BCUT2D eigenvalue weighted by atomic mass is 9.83. The Hall–Kier alpha value is -0.850. The van der Waals surface area contributed by atoms with Gasteiger partial charge in [-0.3, -0.25) is 4.79 Å². The smallest absolute Gasteiger partial charge is 0.305 e. The molecule has 0 bridgehead atoms. The molecule has 21 heavy (non-hydrogen) atoms. The normalized spacial score (nSPS) is 25.3. The molecule has 120 valence electrons. The Balaban J connectivity index is 2.36. The summed E-state index contributed by atoms with van der Waals surface area (Å²) in [6, 6.07) is -0.893. The summed E-state index contributed by atoms with van der Waals surface area (Å²) in [5.41, 5.74) is 6.25. The van der Waals surface area contributed by atoms with Gasteiger partial charge in [-0.25, -0.2) is 0 Å². The summed E-state index contributed by atoms with van der Waals surface area (Å²) in [6.45, 7) is 7.12. The highest BCUT2D eigenvalue weighted by Gasteiger charge is 2.38. The van der Waals surface area contributed by atoms with Gasteiger partial charge in [0.2, 0.25) is 0 Å². The van der Waals surface area contributed by atoms with Crippen molar-refractivity contribution in [2.45, 2.75) is 44.5 Å². The number of carbonyl (C=O) groups is 2. The summed E-state index contributed by atoms with van der Waals surface area (Å²) in [4.78, 5) is 21.3. The second-order valence-electron chi connectivity index (χ2n) is 6.58. The van der Waals surface area contributed by atoms with Crippen molar-refractivity contribution in [2.75, 3.05) is 12.3 Å². The lowest BCUT2D eigenvalue weighted by molar-refractivity contribution is -0.138. The monoisotopic (exact) mass is 314 g/mol. The average molecular weight is 314 g/mol. The molecule has 5 nitrogen and oxygen atoms in total. The first-order valence-electron chi connectivity index (χ1n) is 7.20. The Labute approximate surface area is 130 Å². The molecular weight excluding hydrogens is 288 g/mol. The van der Waals surface area contributed by atoms with E-state index >= 15 is 0 Å². The number of carbonyl (C=O) groups excluding carboxylic acids is 1. The lowest BCUT2D eigenvalue weighted by Crippen LogP contribution is -2.42. The molecule has 0 aromatic rings. The van der Waals surface area contributed by atoms with Crippen LogP contribution in [0.4, 0.5) is 0 Å². The molecule has 1 aliphatic rings. The Kier molecular flexibility index (Phi) is 6.90. The van der Waals surface area contributed by atoms with Gasteiger partial charge in [-0.15, -0.1) is 0 Å². The van der Waals surface area contributed by atoms with Crippen LogP contribution >= 0.6 is 11.8 Å². The first kappa shape index (κ1) is 18.2. The average Bonchev–Trinajstić information content (AvgIpc) is 2.30. The van der Waals surface area contributed by atoms with Crippen molar-refractivity contribution >= 4 is 24.0 Å². The predicted octanol–water partition coefficient (Wildman–Crippen LogP) is 1.28. The largest absolute Gasteiger partial charge is 0.481 e. The predicted molar refractivity (Wildman–Crippen MR) is 86.4 cm³/mol. The van der Waals surface area contributed by atoms with Crippen LogP contribution in [-0.2, 0) is 9.59 Å². The molecule has 3 unspecified atom stereocenters. The number of rotatable bonds is 8. The molecule has 0 aromatic carbocycles. The highest BCUT2D eigenvalue weighted by atomic mass is 32.2. The second-order valence-corrected chi connectivity index (χ2v) is 7.76. The van der Waals surface area contributed by atoms with Crippen LogP contribution in [0.2, 0.25) is 0 Å². The van der Waals surface area contributed by atoms with E-state index in [2.05, 4.69) is 32.2 Å². The van der Waals surface area contributed by atoms with Gasteiger partial charge in [-0.05, 0) is 11.3 Å². The fourth-order valence-corrected chi connectivity index (χ4v) is 3.66. The molecule has 4 atom stereocenters. The van der Waals surface area contributed by atoms with Gasteiger partial charge in [0.05, 0.1) is 12.5 Å². The molecule has 1 saturated heterocycles. The minimum Gasteiger partial charge on any atom is -0.481 e. The van der Waals surface area contributed by atoms with Gasteiger partial charge in [-0.2, -0.15) is 11.8 Å². The summed E-state index contributed by atoms with van der Waals surface area (Å²) in [5, 5.41) is 12.1. The van der Waals surface area contributed by atoms with Gasteiger partial charge in [0.15, 0.2) is 0 Å². The van der Waals surface area contributed by atoms with Gasteiger partial charge in [0.25, 0.3) is 0 Å². The van der Waals surface area contributed by atoms with E-state index in [9.17, 15) is 9.59 Å². The summed E-state index contributed by atoms with van der Waals surface area (Å²) in [5.74, 6) is 0.666. The van der Waals surface area contributed by atoms with Crippen LogP contribution in [0.15, 0.2) is 12.2 Å². The van der Waals surface area contributed by atoms with E-state index in [0.29, 0.717) is 24.0 Å². The third kappa shape index (κ3) is 6.20. The highest BCUT2D eigenvalue weighted by molar-refractivity contribution is 8.01. The molecule has 4 N–H and O–H groups in total. The quantitative estimate of drug-likeness (QED) is 0.462. The third-order valence-electron chi connectivity index (χ3n) is 3.49. The fraction of sp³-hybridized carbons (Fsp3) is 0.733. The van der Waals surface area contributed by atoms with E-state index in [1.54, 1.807) is 0 Å². The van der Waals surface area contributed by atoms with Crippen molar-refractivity contribution in [1.82, 2.24) is 5.32 Å². The number of thioether (sulfide) groups is 1. The van der Waals surface area contributed by atoms with Gasteiger partial charge in [0.1, 0.15) is 6.29 Å². The number of nitrogens with two attached hydrogens (primary N) is 1. The van der Waals surface area contributed by atoms with Crippen molar-refractivity contribution in [3.05, 3.63) is 12.2 Å². The number of aliphatic carboxylic acids is 1. The zero-order valence-electron chi connectivity index (χ0n) is 12.9. The second kappa shape index (κ2) is 7.96. The number of carboxylic acids is 1. The first-order chi connectivity index (χ1) is 9.74. The van der Waals surface area contributed by atoms with Gasteiger partial charge in [-0.1, -0.05) is 32.9 Å². The molecule has 0 saturated carbocycles. The zero-order chi connectivity index (χ0) is 16.0. The minimum atomic E-state index is -0.997. The standard InChI is InChI=1S/C15H26N2O3S/c1-15(2,3)14-10(9-21-14)4-5-11(16)7-17-12(8-18)6-13(19)20/h4-5,8,10-12,14,17H,6-7,9,16H2,1-3H3,(H,19,20)/t10?,11?,12-,14?/m0/s1. The van der Waals surface area contributed by atoms with Crippen molar-refractivity contribution in [3.63, 3.8) is 0 Å². The lowest BCUT2D eigenvalue weighted by Gasteiger charge is -2.43. The minimum absolute atomic E-state index is 0.215. The van der Waals surface area contributed by atoms with Crippen molar-refractivity contribution in [3.8, 4) is 0 Å². The molecule has 0 aliphatic carbocycles. The number of allylic oxidation sites excluding steroid dienone is 1. The maximum absolute atomic E-state index is 10.7. The third-order valence-corrected chi connectivity index (χ3v) is 5.48. The summed E-state index contributed by atoms with van der Waals surface area (Å²) < 4.78 is 0. The van der Waals surface area contributed by atoms with Crippen LogP contribution in [0, 0.1) is 11.3 Å². The molecule has 0 amide bonds. The maximum Gasteiger partial charge on any atom is 0.305 e. The van der Waals surface area contributed by atoms with E-state index in [-0.39, 0.29) is 17.9 Å². The van der Waals surface area contributed by atoms with Crippen LogP contribution in [0.3, 0.4) is 0 Å². The SMILES string of the molecule is CC(C)(C)C1SCC1C=CC(N)CN[C@H](C=O)CC(=O)O. The molecule has 6 heteroatoms. The van der Waals surface area contributed by atoms with Crippen molar-refractivity contribution < 1.29 is 14.7 Å². The molecule has 0 radical (unpaired) electrons. The van der Waals surface area contributed by atoms with E-state index in [1.165, 1.54) is 0 Å². The van der Waals surface area contributed by atoms with Gasteiger partial charge in [0, 0.05) is 23.6 Å². The topological polar surface area (TPSA) is 92.4 Å². The molecule has 1 fully saturated rings. The van der Waals surface area contributed by atoms with Crippen molar-refractivity contribution in [2.24, 2.45) is 17.1 Å². The molecule has 0 aromatic heterocycles. The van der Waals surface area contributed by atoms with E-state index in [0.717, 1.165) is 5.75 Å². The van der Waals surface area contributed by atoms with Crippen LogP contribution in [0.25, 0.3) is 0 Å². The van der Waals surface area contributed by atoms with Gasteiger partial charge >= 0.3 is 5.97 Å². The molecule has 1 rings (SSSR count). The van der Waals surface area contributed by atoms with E-state index in [4.69, 9.17) is 10.8 Å². The Morgan fingerprint density at radius 1 is 1.52 bits per heavy atom. The molecule has 0 spiro atoms. The van der Waals surface area contributed by atoms with Crippen LogP contribution in [0.1, 0.15) is 27.2 Å². The fourth-order valence-electron chi connectivity index (χ4n) is 2.35. The number of hydrogen-bond acceptors (Lipinski definition) is 5. The Bertz CT molecular complexity index is 393. The Morgan fingerprint density at radius 2 is 2.19 bits per heavy atom. The highest BCUT2D eigenvalue weighted by Crippen LogP contribution is 2.46. The zero-order valence-corrected chi connectivity index (χ0v) is 13.7. The molecule has 1 heterocycles. The van der Waals surface area contributed by atoms with Crippen LogP contribution in [-0.4, -0.2) is 47.0 Å². The maximum atomic E-state index is 10.7.